The molecule has 0 aromatic carbocycles. The molecule has 3 heteroatoms. The second-order valence-corrected chi connectivity index (χ2v) is 6.27. The highest BCUT2D eigenvalue weighted by Gasteiger charge is 2.15. The van der Waals surface area contributed by atoms with E-state index in [9.17, 15) is 0 Å². The molecule has 1 unspecified atom stereocenters. The van der Waals surface area contributed by atoms with Crippen LogP contribution >= 0.6 is 11.8 Å². The molecule has 0 spiro atoms. The van der Waals surface area contributed by atoms with Gasteiger partial charge in [0, 0.05) is 16.5 Å². The smallest absolute Gasteiger partial charge is 0.105 e. The molecular formula is C10H20N2S. The average Bonchev–Trinajstić information content (AvgIpc) is 1.95. The molecule has 0 aliphatic rings. The topological polar surface area (TPSA) is 35.8 Å². The van der Waals surface area contributed by atoms with Crippen molar-refractivity contribution >= 4 is 11.8 Å². The summed E-state index contributed by atoms with van der Waals surface area (Å²) in [5.41, 5.74) is 0. The van der Waals surface area contributed by atoms with Crippen molar-refractivity contribution in [3.05, 3.63) is 0 Å². The van der Waals surface area contributed by atoms with Crippen molar-refractivity contribution in [3.63, 3.8) is 0 Å². The molecule has 0 bridgehead atoms. The zero-order valence-corrected chi connectivity index (χ0v) is 10.0. The van der Waals surface area contributed by atoms with Gasteiger partial charge in [-0.05, 0) is 13.8 Å². The maximum absolute atomic E-state index is 8.85. The van der Waals surface area contributed by atoms with Crippen molar-refractivity contribution in [2.75, 3.05) is 5.75 Å². The van der Waals surface area contributed by atoms with Crippen LogP contribution in [-0.4, -0.2) is 22.6 Å². The average molecular weight is 200 g/mol. The van der Waals surface area contributed by atoms with E-state index < -0.39 is 0 Å². The Hall–Kier alpha value is -0.200. The molecule has 1 N–H and O–H groups in total. The summed E-state index contributed by atoms with van der Waals surface area (Å²) in [6.45, 7) is 10.6. The van der Waals surface area contributed by atoms with E-state index in [1.165, 1.54) is 0 Å². The third-order valence-corrected chi connectivity index (χ3v) is 2.74. The monoisotopic (exact) mass is 200 g/mol. The van der Waals surface area contributed by atoms with Crippen LogP contribution in [0.1, 0.15) is 34.6 Å². The van der Waals surface area contributed by atoms with E-state index in [1.54, 1.807) is 0 Å². The van der Waals surface area contributed by atoms with Gasteiger partial charge in [0.05, 0.1) is 6.07 Å². The van der Waals surface area contributed by atoms with Crippen molar-refractivity contribution in [1.82, 2.24) is 5.32 Å². The van der Waals surface area contributed by atoms with Crippen molar-refractivity contribution in [2.24, 2.45) is 0 Å². The van der Waals surface area contributed by atoms with Gasteiger partial charge in [-0.15, -0.1) is 0 Å². The van der Waals surface area contributed by atoms with Gasteiger partial charge < -0.3 is 0 Å². The molecule has 0 aromatic heterocycles. The lowest BCUT2D eigenvalue weighted by molar-refractivity contribution is 0.559. The summed E-state index contributed by atoms with van der Waals surface area (Å²) in [5.74, 6) is 0.859. The number of nitrogens with zero attached hydrogens (tertiary/aromatic N) is 1. The fourth-order valence-corrected chi connectivity index (χ4v) is 1.70. The molecule has 0 rings (SSSR count). The molecule has 0 aliphatic heterocycles. The molecule has 0 radical (unpaired) electrons. The maximum atomic E-state index is 8.85. The van der Waals surface area contributed by atoms with Crippen LogP contribution in [0.2, 0.25) is 0 Å². The first-order valence-electron chi connectivity index (χ1n) is 4.65. The summed E-state index contributed by atoms with van der Waals surface area (Å²) < 4.78 is 0.244. The Balaban J connectivity index is 3.81. The third-order valence-electron chi connectivity index (χ3n) is 1.37. The molecular weight excluding hydrogens is 180 g/mol. The van der Waals surface area contributed by atoms with Gasteiger partial charge in [-0.1, -0.05) is 20.8 Å². The normalized spacial score (nSPS) is 14.2. The molecule has 76 valence electrons. The standard InChI is InChI=1S/C10H20N2S/c1-8(2)12-9(6-11)7-13-10(3,4)5/h8-9,12H,7H2,1-5H3. The molecule has 0 saturated carbocycles. The summed E-state index contributed by atoms with van der Waals surface area (Å²) in [5, 5.41) is 12.1. The number of rotatable bonds is 4. The lowest BCUT2D eigenvalue weighted by Crippen LogP contribution is -2.36. The van der Waals surface area contributed by atoms with Gasteiger partial charge in [0.1, 0.15) is 6.04 Å². The summed E-state index contributed by atoms with van der Waals surface area (Å²) in [4.78, 5) is 0. The molecule has 1 atom stereocenters. The van der Waals surface area contributed by atoms with Gasteiger partial charge in [0.2, 0.25) is 0 Å². The highest BCUT2D eigenvalue weighted by atomic mass is 32.2. The second kappa shape index (κ2) is 5.51. The van der Waals surface area contributed by atoms with Gasteiger partial charge in [-0.25, -0.2) is 0 Å². The number of hydrogen-bond donors (Lipinski definition) is 1. The summed E-state index contributed by atoms with van der Waals surface area (Å²) in [6.07, 6.45) is 0. The largest absolute Gasteiger partial charge is 0.299 e. The Morgan fingerprint density at radius 3 is 2.23 bits per heavy atom. The van der Waals surface area contributed by atoms with Crippen LogP contribution in [0.3, 0.4) is 0 Å². The minimum Gasteiger partial charge on any atom is -0.299 e. The lowest BCUT2D eigenvalue weighted by atomic mass is 10.3. The molecule has 0 amide bonds. The Kier molecular flexibility index (Phi) is 5.43. The maximum Gasteiger partial charge on any atom is 0.105 e. The van der Waals surface area contributed by atoms with Crippen molar-refractivity contribution in [2.45, 2.75) is 51.4 Å². The predicted octanol–water partition coefficient (Wildman–Crippen LogP) is 2.41. The zero-order chi connectivity index (χ0) is 10.5. The summed E-state index contributed by atoms with van der Waals surface area (Å²) in [6, 6.07) is 2.63. The quantitative estimate of drug-likeness (QED) is 0.757. The van der Waals surface area contributed by atoms with Crippen LogP contribution in [-0.2, 0) is 0 Å². The van der Waals surface area contributed by atoms with Gasteiger partial charge in [0.15, 0.2) is 0 Å². The van der Waals surface area contributed by atoms with Crippen molar-refractivity contribution in [1.29, 1.82) is 5.26 Å². The van der Waals surface area contributed by atoms with Crippen LogP contribution in [0.15, 0.2) is 0 Å². The van der Waals surface area contributed by atoms with E-state index in [1.807, 2.05) is 11.8 Å². The first-order chi connectivity index (χ1) is 5.85. The van der Waals surface area contributed by atoms with Gasteiger partial charge in [-0.3, -0.25) is 5.32 Å². The van der Waals surface area contributed by atoms with Crippen LogP contribution in [0.4, 0.5) is 0 Å². The minimum absolute atomic E-state index is 0.0239. The van der Waals surface area contributed by atoms with Crippen LogP contribution in [0, 0.1) is 11.3 Å². The Labute approximate surface area is 86.1 Å². The molecule has 0 heterocycles. The van der Waals surface area contributed by atoms with Gasteiger partial charge >= 0.3 is 0 Å². The number of hydrogen-bond acceptors (Lipinski definition) is 3. The van der Waals surface area contributed by atoms with E-state index in [-0.39, 0.29) is 10.8 Å². The number of thioether (sulfide) groups is 1. The summed E-state index contributed by atoms with van der Waals surface area (Å²) in [7, 11) is 0. The Morgan fingerprint density at radius 1 is 1.38 bits per heavy atom. The first kappa shape index (κ1) is 12.8. The molecule has 0 aromatic rings. The second-order valence-electron chi connectivity index (χ2n) is 4.43. The number of nitrogens with one attached hydrogen (secondary N) is 1. The van der Waals surface area contributed by atoms with Gasteiger partial charge in [-0.2, -0.15) is 17.0 Å². The van der Waals surface area contributed by atoms with Crippen LogP contribution in [0.5, 0.6) is 0 Å². The predicted molar refractivity (Wildman–Crippen MR) is 59.9 cm³/mol. The van der Waals surface area contributed by atoms with Crippen molar-refractivity contribution in [3.8, 4) is 6.07 Å². The Bertz CT molecular complexity index is 176. The van der Waals surface area contributed by atoms with E-state index >= 15 is 0 Å². The molecule has 0 aliphatic carbocycles. The van der Waals surface area contributed by atoms with Crippen LogP contribution < -0.4 is 5.32 Å². The van der Waals surface area contributed by atoms with Crippen LogP contribution in [0.25, 0.3) is 0 Å². The molecule has 2 nitrogen and oxygen atoms in total. The Morgan fingerprint density at radius 2 is 1.92 bits per heavy atom. The third kappa shape index (κ3) is 8.14. The SMILES string of the molecule is CC(C)NC(C#N)CSC(C)(C)C. The number of nitriles is 1. The van der Waals surface area contributed by atoms with Crippen molar-refractivity contribution < 1.29 is 0 Å². The van der Waals surface area contributed by atoms with Gasteiger partial charge in [0.25, 0.3) is 0 Å². The molecule has 13 heavy (non-hydrogen) atoms. The molecule has 0 fully saturated rings. The lowest BCUT2D eigenvalue weighted by Gasteiger charge is -2.21. The first-order valence-corrected chi connectivity index (χ1v) is 5.63. The minimum atomic E-state index is -0.0239. The zero-order valence-electron chi connectivity index (χ0n) is 9.22. The fourth-order valence-electron chi connectivity index (χ4n) is 0.858. The molecule has 0 saturated heterocycles. The van der Waals surface area contributed by atoms with E-state index in [4.69, 9.17) is 5.26 Å². The van der Waals surface area contributed by atoms with E-state index in [0.717, 1.165) is 5.75 Å². The van der Waals surface area contributed by atoms with E-state index in [2.05, 4.69) is 46.0 Å². The highest BCUT2D eigenvalue weighted by Crippen LogP contribution is 2.23. The summed E-state index contributed by atoms with van der Waals surface area (Å²) >= 11 is 1.82. The highest BCUT2D eigenvalue weighted by molar-refractivity contribution is 8.00. The fraction of sp³-hybridized carbons (Fsp3) is 0.900. The van der Waals surface area contributed by atoms with E-state index in [0.29, 0.717) is 6.04 Å².